The van der Waals surface area contributed by atoms with Gasteiger partial charge in [0.25, 0.3) is 5.91 Å². The molecule has 2 aromatic rings. The molecule has 39 heavy (non-hydrogen) atoms. The minimum atomic E-state index is -0.331. The lowest BCUT2D eigenvalue weighted by atomic mass is 9.76. The van der Waals surface area contributed by atoms with Gasteiger partial charge in [0.1, 0.15) is 22.7 Å². The van der Waals surface area contributed by atoms with Crippen molar-refractivity contribution in [3.05, 3.63) is 33.2 Å². The number of benzene rings is 1. The molecule has 0 saturated carbocycles. The maximum atomic E-state index is 13.5. The van der Waals surface area contributed by atoms with Gasteiger partial charge in [-0.05, 0) is 89.0 Å². The van der Waals surface area contributed by atoms with Crippen LogP contribution in [0.1, 0.15) is 75.5 Å². The molecule has 0 unspecified atom stereocenters. The Morgan fingerprint density at radius 3 is 2.69 bits per heavy atom. The van der Waals surface area contributed by atoms with Crippen LogP contribution >= 0.6 is 0 Å². The second kappa shape index (κ2) is 9.27. The minimum absolute atomic E-state index is 0.0290. The Hall–Kier alpha value is -3.03. The fourth-order valence-electron chi connectivity index (χ4n) is 7.87. The van der Waals surface area contributed by atoms with Crippen molar-refractivity contribution in [3.63, 3.8) is 0 Å². The summed E-state index contributed by atoms with van der Waals surface area (Å²) in [5.41, 5.74) is 2.65. The van der Waals surface area contributed by atoms with Gasteiger partial charge in [-0.25, -0.2) is 4.79 Å². The average molecular weight is 535 g/mol. The molecule has 2 amide bonds. The molecule has 8 nitrogen and oxygen atoms in total. The molecule has 3 saturated heterocycles. The monoisotopic (exact) mass is 534 g/mol. The second-order valence-corrected chi connectivity index (χ2v) is 12.9. The van der Waals surface area contributed by atoms with E-state index in [-0.39, 0.29) is 35.7 Å². The molecular weight excluding hydrogens is 496 g/mol. The van der Waals surface area contributed by atoms with Gasteiger partial charge >= 0.3 is 5.63 Å². The summed E-state index contributed by atoms with van der Waals surface area (Å²) in [5.74, 6) is 2.16. The fourth-order valence-corrected chi connectivity index (χ4v) is 7.87. The van der Waals surface area contributed by atoms with Crippen molar-refractivity contribution in [3.8, 4) is 11.5 Å². The van der Waals surface area contributed by atoms with Gasteiger partial charge in [0.2, 0.25) is 5.91 Å². The Balaban J connectivity index is 1.18. The van der Waals surface area contributed by atoms with Gasteiger partial charge in [0.05, 0.1) is 5.39 Å². The molecular formula is C31H38N2O6. The average Bonchev–Trinajstić information content (AvgIpc) is 2.91. The zero-order valence-electron chi connectivity index (χ0n) is 23.1. The zero-order valence-corrected chi connectivity index (χ0v) is 23.1. The van der Waals surface area contributed by atoms with Crippen molar-refractivity contribution in [2.75, 3.05) is 26.2 Å². The van der Waals surface area contributed by atoms with E-state index in [0.717, 1.165) is 80.0 Å². The van der Waals surface area contributed by atoms with E-state index < -0.39 is 0 Å². The van der Waals surface area contributed by atoms with Crippen LogP contribution in [0.2, 0.25) is 0 Å². The zero-order chi connectivity index (χ0) is 26.9. The summed E-state index contributed by atoms with van der Waals surface area (Å²) < 4.78 is 18.6. The maximum absolute atomic E-state index is 13.5. The van der Waals surface area contributed by atoms with Crippen LogP contribution in [0.3, 0.4) is 0 Å². The second-order valence-electron chi connectivity index (χ2n) is 12.9. The van der Waals surface area contributed by atoms with Crippen molar-refractivity contribution in [2.45, 2.75) is 89.7 Å². The summed E-state index contributed by atoms with van der Waals surface area (Å²) in [7, 11) is 0. The smallest absolute Gasteiger partial charge is 0.339 e. The fraction of sp³-hybridized carbons (Fsp3) is 0.645. The first kappa shape index (κ1) is 25.0. The third-order valence-electron chi connectivity index (χ3n) is 9.76. The van der Waals surface area contributed by atoms with E-state index in [0.29, 0.717) is 54.8 Å². The van der Waals surface area contributed by atoms with Gasteiger partial charge in [0.15, 0.2) is 6.61 Å². The normalized spacial score (nSPS) is 27.3. The number of likely N-dealkylation sites (tertiary alicyclic amines) is 1. The van der Waals surface area contributed by atoms with Crippen molar-refractivity contribution in [1.82, 2.24) is 9.80 Å². The highest BCUT2D eigenvalue weighted by molar-refractivity contribution is 5.93. The first-order chi connectivity index (χ1) is 18.8. The topological polar surface area (TPSA) is 89.3 Å². The van der Waals surface area contributed by atoms with Gasteiger partial charge in [-0.1, -0.05) is 0 Å². The van der Waals surface area contributed by atoms with Crippen molar-refractivity contribution < 1.29 is 23.5 Å². The summed E-state index contributed by atoms with van der Waals surface area (Å²) >= 11 is 0. The lowest BCUT2D eigenvalue weighted by molar-refractivity contribution is -0.149. The molecule has 1 aliphatic carbocycles. The third kappa shape index (κ3) is 4.30. The Morgan fingerprint density at radius 2 is 1.85 bits per heavy atom. The third-order valence-corrected chi connectivity index (χ3v) is 9.76. The van der Waals surface area contributed by atoms with E-state index in [1.807, 2.05) is 11.0 Å². The summed E-state index contributed by atoms with van der Waals surface area (Å²) in [6.07, 6.45) is 8.83. The van der Waals surface area contributed by atoms with Crippen LogP contribution in [0.4, 0.5) is 0 Å². The van der Waals surface area contributed by atoms with Gasteiger partial charge in [0, 0.05) is 49.3 Å². The number of rotatable bonds is 3. The number of carbonyl (C=O) groups excluding carboxylic acids is 2. The quantitative estimate of drug-likeness (QED) is 0.553. The number of ether oxygens (including phenoxy) is 2. The number of hydrogen-bond acceptors (Lipinski definition) is 6. The number of amides is 2. The van der Waals surface area contributed by atoms with Crippen LogP contribution in [-0.4, -0.2) is 59.5 Å². The number of carbonyl (C=O) groups is 2. The molecule has 0 N–H and O–H groups in total. The molecule has 8 heteroatoms. The molecule has 208 valence electrons. The van der Waals surface area contributed by atoms with Crippen molar-refractivity contribution in [1.29, 1.82) is 0 Å². The van der Waals surface area contributed by atoms with Crippen LogP contribution in [0.15, 0.2) is 15.3 Å². The summed E-state index contributed by atoms with van der Waals surface area (Å²) in [6.45, 7) is 6.15. The van der Waals surface area contributed by atoms with E-state index in [9.17, 15) is 14.4 Å². The van der Waals surface area contributed by atoms with Crippen molar-refractivity contribution >= 4 is 22.8 Å². The molecule has 2 bridgehead atoms. The number of hydrogen-bond donors (Lipinski definition) is 0. The number of nitrogens with zero attached hydrogens (tertiary/aromatic N) is 2. The Morgan fingerprint density at radius 1 is 1.03 bits per heavy atom. The van der Waals surface area contributed by atoms with E-state index >= 15 is 0 Å². The molecule has 5 aliphatic rings. The van der Waals surface area contributed by atoms with Gasteiger partial charge in [-0.15, -0.1) is 0 Å². The summed E-state index contributed by atoms with van der Waals surface area (Å²) in [4.78, 5) is 43.0. The van der Waals surface area contributed by atoms with Gasteiger partial charge in [-0.3, -0.25) is 9.59 Å². The van der Waals surface area contributed by atoms with E-state index in [1.165, 1.54) is 0 Å². The SMILES string of the molecule is CC1(C)CCc2c(cc(OCC(=O)N3C[C@H]4C[C@@H](C3)[C@@H]3CCCC(=O)N3C4)c3c4c(c(=O)oc23)CCCC4)O1. The molecule has 4 aliphatic heterocycles. The molecule has 0 radical (unpaired) electrons. The predicted molar refractivity (Wildman–Crippen MR) is 145 cm³/mol. The van der Waals surface area contributed by atoms with Crippen LogP contribution < -0.4 is 15.1 Å². The Kier molecular flexibility index (Phi) is 5.94. The van der Waals surface area contributed by atoms with Gasteiger partial charge < -0.3 is 23.7 Å². The number of piperidine rings is 3. The predicted octanol–water partition coefficient (Wildman–Crippen LogP) is 4.01. The highest BCUT2D eigenvalue weighted by Crippen LogP contribution is 2.44. The summed E-state index contributed by atoms with van der Waals surface area (Å²) in [6, 6.07) is 2.18. The highest BCUT2D eigenvalue weighted by atomic mass is 16.5. The number of aryl methyl sites for hydroxylation is 2. The molecule has 0 spiro atoms. The van der Waals surface area contributed by atoms with Crippen LogP contribution in [0.25, 0.3) is 11.0 Å². The van der Waals surface area contributed by atoms with Crippen LogP contribution in [0.5, 0.6) is 11.5 Å². The molecule has 5 heterocycles. The van der Waals surface area contributed by atoms with E-state index in [4.69, 9.17) is 13.9 Å². The standard InChI is InChI=1S/C31H38N2O6/c1-31(2)11-10-22-24(39-31)13-25(28-20-6-3-4-7-21(20)30(36)38-29(22)28)37-17-27(35)32-14-18-12-19(16-32)23-8-5-9-26(34)33(23)15-18/h13,18-19,23H,3-12,14-17H2,1-2H3/t18-,19+,23+/m1/s1. The van der Waals surface area contributed by atoms with Gasteiger partial charge in [-0.2, -0.15) is 0 Å². The lowest BCUT2D eigenvalue weighted by Crippen LogP contribution is -2.61. The molecule has 7 rings (SSSR count). The lowest BCUT2D eigenvalue weighted by Gasteiger charge is -2.52. The Bertz CT molecular complexity index is 1410. The molecule has 1 aromatic heterocycles. The van der Waals surface area contributed by atoms with Crippen LogP contribution in [0, 0.1) is 11.8 Å². The summed E-state index contributed by atoms with van der Waals surface area (Å²) in [5, 5.41) is 0.839. The Labute approximate surface area is 228 Å². The molecule has 3 atom stereocenters. The molecule has 1 aromatic carbocycles. The minimum Gasteiger partial charge on any atom is -0.487 e. The van der Waals surface area contributed by atoms with E-state index in [1.54, 1.807) is 0 Å². The van der Waals surface area contributed by atoms with Crippen molar-refractivity contribution in [2.24, 2.45) is 11.8 Å². The largest absolute Gasteiger partial charge is 0.487 e. The first-order valence-corrected chi connectivity index (χ1v) is 14.8. The molecule has 3 fully saturated rings. The number of fused-ring (bicyclic) bond motifs is 9. The van der Waals surface area contributed by atoms with E-state index in [2.05, 4.69) is 18.7 Å². The highest BCUT2D eigenvalue weighted by Gasteiger charge is 2.45. The first-order valence-electron chi connectivity index (χ1n) is 14.8. The van der Waals surface area contributed by atoms with Crippen LogP contribution in [-0.2, 0) is 28.9 Å². The maximum Gasteiger partial charge on any atom is 0.339 e.